The van der Waals surface area contributed by atoms with Crippen LogP contribution in [0.1, 0.15) is 16.2 Å². The lowest BCUT2D eigenvalue weighted by Gasteiger charge is -2.05. The molecular weight excluding hydrogens is 278 g/mol. The maximum atomic E-state index is 13.5. The summed E-state index contributed by atoms with van der Waals surface area (Å²) < 4.78 is 28.3. The van der Waals surface area contributed by atoms with Gasteiger partial charge in [-0.05, 0) is 24.3 Å². The first-order valence-corrected chi connectivity index (χ1v) is 6.17. The number of pyridine rings is 1. The number of rotatable bonds is 3. The molecule has 1 N–H and O–H groups in total. The maximum absolute atomic E-state index is 13.5. The molecule has 2 heterocycles. The van der Waals surface area contributed by atoms with Crippen molar-refractivity contribution in [1.29, 1.82) is 0 Å². The molecule has 0 saturated heterocycles. The Hall–Kier alpha value is -2.83. The van der Waals surface area contributed by atoms with Crippen LogP contribution in [0.25, 0.3) is 5.65 Å². The fourth-order valence-electron chi connectivity index (χ4n) is 1.95. The number of hydrogen-bond acceptors (Lipinski definition) is 3. The van der Waals surface area contributed by atoms with E-state index >= 15 is 0 Å². The molecule has 3 aromatic rings. The average Bonchev–Trinajstić information content (AvgIpc) is 2.91. The Balaban J connectivity index is 1.78. The largest absolute Gasteiger partial charge is 0.345 e. The molecule has 7 heteroatoms. The van der Waals surface area contributed by atoms with E-state index in [1.165, 1.54) is 12.1 Å². The van der Waals surface area contributed by atoms with E-state index < -0.39 is 17.5 Å². The van der Waals surface area contributed by atoms with Crippen LogP contribution in [0.3, 0.4) is 0 Å². The quantitative estimate of drug-likeness (QED) is 0.801. The second kappa shape index (κ2) is 5.28. The van der Waals surface area contributed by atoms with Crippen LogP contribution in [0.4, 0.5) is 8.78 Å². The SMILES string of the molecule is O=C(NCc1nnc2ccccn12)c1cccc(F)c1F. The van der Waals surface area contributed by atoms with Crippen LogP contribution < -0.4 is 5.32 Å². The van der Waals surface area contributed by atoms with Gasteiger partial charge in [0.2, 0.25) is 0 Å². The molecule has 0 atom stereocenters. The fraction of sp³-hybridized carbons (Fsp3) is 0.0714. The number of fused-ring (bicyclic) bond motifs is 1. The second-order valence-corrected chi connectivity index (χ2v) is 4.33. The summed E-state index contributed by atoms with van der Waals surface area (Å²) >= 11 is 0. The van der Waals surface area contributed by atoms with E-state index in [0.717, 1.165) is 6.07 Å². The zero-order valence-electron chi connectivity index (χ0n) is 10.8. The van der Waals surface area contributed by atoms with E-state index in [0.29, 0.717) is 11.5 Å². The second-order valence-electron chi connectivity index (χ2n) is 4.33. The third kappa shape index (κ3) is 2.45. The molecular formula is C14H10F2N4O. The van der Waals surface area contributed by atoms with Crippen LogP contribution in [0, 0.1) is 11.6 Å². The zero-order valence-corrected chi connectivity index (χ0v) is 10.8. The lowest BCUT2D eigenvalue weighted by molar-refractivity contribution is 0.0944. The number of carbonyl (C=O) groups excluding carboxylic acids is 1. The topological polar surface area (TPSA) is 59.3 Å². The number of aromatic nitrogens is 3. The molecule has 0 radical (unpaired) electrons. The highest BCUT2D eigenvalue weighted by Gasteiger charge is 2.15. The summed E-state index contributed by atoms with van der Waals surface area (Å²) in [5, 5.41) is 10.4. The molecule has 0 aliphatic heterocycles. The molecule has 0 bridgehead atoms. The van der Waals surface area contributed by atoms with Crippen LogP contribution >= 0.6 is 0 Å². The number of benzene rings is 1. The predicted molar refractivity (Wildman–Crippen MR) is 70.5 cm³/mol. The van der Waals surface area contributed by atoms with Crippen molar-refractivity contribution < 1.29 is 13.6 Å². The van der Waals surface area contributed by atoms with Crippen molar-refractivity contribution in [3.8, 4) is 0 Å². The highest BCUT2D eigenvalue weighted by Crippen LogP contribution is 2.11. The van der Waals surface area contributed by atoms with Crippen molar-refractivity contribution in [1.82, 2.24) is 19.9 Å². The van der Waals surface area contributed by atoms with Crippen molar-refractivity contribution in [2.45, 2.75) is 6.54 Å². The van der Waals surface area contributed by atoms with Gasteiger partial charge in [-0.1, -0.05) is 12.1 Å². The zero-order chi connectivity index (χ0) is 14.8. The first-order chi connectivity index (χ1) is 10.2. The monoisotopic (exact) mass is 288 g/mol. The van der Waals surface area contributed by atoms with Gasteiger partial charge in [0.1, 0.15) is 0 Å². The van der Waals surface area contributed by atoms with E-state index in [9.17, 15) is 13.6 Å². The Labute approximate surface area is 118 Å². The molecule has 1 aromatic carbocycles. The lowest BCUT2D eigenvalue weighted by atomic mass is 10.2. The third-order valence-electron chi connectivity index (χ3n) is 2.99. The molecule has 21 heavy (non-hydrogen) atoms. The Kier molecular flexibility index (Phi) is 3.31. The Morgan fingerprint density at radius 1 is 1.14 bits per heavy atom. The molecule has 1 amide bonds. The van der Waals surface area contributed by atoms with Gasteiger partial charge in [0.15, 0.2) is 23.1 Å². The molecule has 2 aromatic heterocycles. The van der Waals surface area contributed by atoms with Crippen molar-refractivity contribution >= 4 is 11.6 Å². The van der Waals surface area contributed by atoms with E-state index in [2.05, 4.69) is 15.5 Å². The summed E-state index contributed by atoms with van der Waals surface area (Å²) in [7, 11) is 0. The van der Waals surface area contributed by atoms with Crippen LogP contribution in [0.15, 0.2) is 42.6 Å². The van der Waals surface area contributed by atoms with Gasteiger partial charge in [-0.2, -0.15) is 0 Å². The smallest absolute Gasteiger partial charge is 0.254 e. The van der Waals surface area contributed by atoms with Gasteiger partial charge in [-0.25, -0.2) is 8.78 Å². The van der Waals surface area contributed by atoms with Gasteiger partial charge in [0, 0.05) is 6.20 Å². The predicted octanol–water partition coefficient (Wildman–Crippen LogP) is 1.94. The van der Waals surface area contributed by atoms with Gasteiger partial charge in [0.05, 0.1) is 12.1 Å². The summed E-state index contributed by atoms with van der Waals surface area (Å²) in [6.45, 7) is 0.0555. The van der Waals surface area contributed by atoms with Crippen LogP contribution in [-0.4, -0.2) is 20.5 Å². The summed E-state index contributed by atoms with van der Waals surface area (Å²) in [4.78, 5) is 11.9. The standard InChI is InChI=1S/C14H10F2N4O/c15-10-5-3-4-9(13(10)16)14(21)17-8-12-19-18-11-6-1-2-7-20(11)12/h1-7H,8H2,(H,17,21). The molecule has 0 unspecified atom stereocenters. The van der Waals surface area contributed by atoms with Crippen LogP contribution in [0.5, 0.6) is 0 Å². The number of hydrogen-bond donors (Lipinski definition) is 1. The lowest BCUT2D eigenvalue weighted by Crippen LogP contribution is -2.25. The van der Waals surface area contributed by atoms with Crippen molar-refractivity contribution in [3.63, 3.8) is 0 Å². The number of nitrogens with zero attached hydrogens (tertiary/aromatic N) is 3. The minimum absolute atomic E-state index is 0.0555. The number of carbonyl (C=O) groups is 1. The number of nitrogens with one attached hydrogen (secondary N) is 1. The van der Waals surface area contributed by atoms with Crippen molar-refractivity contribution in [2.75, 3.05) is 0 Å². The highest BCUT2D eigenvalue weighted by molar-refractivity contribution is 5.94. The average molecular weight is 288 g/mol. The Morgan fingerprint density at radius 2 is 2.00 bits per heavy atom. The molecule has 0 aliphatic rings. The molecule has 5 nitrogen and oxygen atoms in total. The number of halogens is 2. The van der Waals surface area contributed by atoms with E-state index in [1.54, 1.807) is 22.7 Å². The maximum Gasteiger partial charge on any atom is 0.254 e. The summed E-state index contributed by atoms with van der Waals surface area (Å²) in [6, 6.07) is 8.83. The normalized spacial score (nSPS) is 10.8. The van der Waals surface area contributed by atoms with E-state index in [4.69, 9.17) is 0 Å². The molecule has 106 valence electrons. The fourth-order valence-corrected chi connectivity index (χ4v) is 1.95. The van der Waals surface area contributed by atoms with Crippen LogP contribution in [-0.2, 0) is 6.54 Å². The highest BCUT2D eigenvalue weighted by atomic mass is 19.2. The Morgan fingerprint density at radius 3 is 2.86 bits per heavy atom. The molecule has 0 aliphatic carbocycles. The molecule has 0 fully saturated rings. The van der Waals surface area contributed by atoms with Gasteiger partial charge >= 0.3 is 0 Å². The van der Waals surface area contributed by atoms with Gasteiger partial charge in [0.25, 0.3) is 5.91 Å². The third-order valence-corrected chi connectivity index (χ3v) is 2.99. The van der Waals surface area contributed by atoms with E-state index in [-0.39, 0.29) is 12.1 Å². The summed E-state index contributed by atoms with van der Waals surface area (Å²) in [5.41, 5.74) is 0.294. The molecule has 3 rings (SSSR count). The summed E-state index contributed by atoms with van der Waals surface area (Å²) in [5.74, 6) is -2.44. The minimum Gasteiger partial charge on any atom is -0.345 e. The van der Waals surface area contributed by atoms with Gasteiger partial charge in [-0.3, -0.25) is 9.20 Å². The van der Waals surface area contributed by atoms with Gasteiger partial charge < -0.3 is 5.32 Å². The summed E-state index contributed by atoms with van der Waals surface area (Å²) in [6.07, 6.45) is 1.75. The first kappa shape index (κ1) is 13.2. The van der Waals surface area contributed by atoms with Gasteiger partial charge in [-0.15, -0.1) is 10.2 Å². The first-order valence-electron chi connectivity index (χ1n) is 6.17. The van der Waals surface area contributed by atoms with E-state index in [1.807, 2.05) is 6.07 Å². The molecule has 0 saturated carbocycles. The Bertz CT molecular complexity index is 816. The number of amides is 1. The minimum atomic E-state index is -1.17. The van der Waals surface area contributed by atoms with Crippen molar-refractivity contribution in [2.24, 2.45) is 0 Å². The van der Waals surface area contributed by atoms with Crippen LogP contribution in [0.2, 0.25) is 0 Å². The molecule has 0 spiro atoms. The van der Waals surface area contributed by atoms with Crippen molar-refractivity contribution in [3.05, 3.63) is 65.6 Å².